The SMILES string of the molecule is Cc1ccc2cc(N)c(-c3ccccc3)nc2c1. The quantitative estimate of drug-likeness (QED) is 0.695. The molecule has 0 aliphatic rings. The zero-order valence-electron chi connectivity index (χ0n) is 10.2. The molecule has 1 heterocycles. The van der Waals surface area contributed by atoms with Crippen LogP contribution in [0.1, 0.15) is 5.56 Å². The third-order valence-corrected chi connectivity index (χ3v) is 3.05. The number of aryl methyl sites for hydroxylation is 1. The van der Waals surface area contributed by atoms with Crippen molar-refractivity contribution in [1.82, 2.24) is 4.98 Å². The number of pyridine rings is 1. The van der Waals surface area contributed by atoms with E-state index in [-0.39, 0.29) is 0 Å². The van der Waals surface area contributed by atoms with E-state index in [1.165, 1.54) is 5.56 Å². The van der Waals surface area contributed by atoms with Crippen LogP contribution in [0.3, 0.4) is 0 Å². The zero-order valence-corrected chi connectivity index (χ0v) is 10.2. The average Bonchev–Trinajstić information content (AvgIpc) is 2.39. The number of aromatic nitrogens is 1. The van der Waals surface area contributed by atoms with Crippen molar-refractivity contribution in [2.24, 2.45) is 0 Å². The van der Waals surface area contributed by atoms with Gasteiger partial charge in [-0.05, 0) is 24.6 Å². The number of rotatable bonds is 1. The average molecular weight is 234 g/mol. The van der Waals surface area contributed by atoms with Crippen molar-refractivity contribution in [1.29, 1.82) is 0 Å². The predicted octanol–water partition coefficient (Wildman–Crippen LogP) is 3.79. The Kier molecular flexibility index (Phi) is 2.49. The number of benzene rings is 2. The minimum absolute atomic E-state index is 0.720. The van der Waals surface area contributed by atoms with Crippen LogP contribution >= 0.6 is 0 Å². The summed E-state index contributed by atoms with van der Waals surface area (Å²) in [5, 5.41) is 1.08. The van der Waals surface area contributed by atoms with Crippen LogP contribution in [0.2, 0.25) is 0 Å². The number of hydrogen-bond acceptors (Lipinski definition) is 2. The Morgan fingerprint density at radius 2 is 1.72 bits per heavy atom. The lowest BCUT2D eigenvalue weighted by Gasteiger charge is -2.07. The molecule has 2 N–H and O–H groups in total. The monoisotopic (exact) mass is 234 g/mol. The summed E-state index contributed by atoms with van der Waals surface area (Å²) in [5.74, 6) is 0. The lowest BCUT2D eigenvalue weighted by molar-refractivity contribution is 1.38. The first kappa shape index (κ1) is 10.8. The van der Waals surface area contributed by atoms with Gasteiger partial charge in [0, 0.05) is 10.9 Å². The van der Waals surface area contributed by atoms with Gasteiger partial charge in [-0.15, -0.1) is 0 Å². The minimum Gasteiger partial charge on any atom is -0.397 e. The molecule has 0 radical (unpaired) electrons. The van der Waals surface area contributed by atoms with E-state index in [1.807, 2.05) is 36.4 Å². The molecule has 0 unspecified atom stereocenters. The molecular weight excluding hydrogens is 220 g/mol. The predicted molar refractivity (Wildman–Crippen MR) is 76.3 cm³/mol. The van der Waals surface area contributed by atoms with Crippen molar-refractivity contribution in [3.8, 4) is 11.3 Å². The number of hydrogen-bond donors (Lipinski definition) is 1. The van der Waals surface area contributed by atoms with Gasteiger partial charge >= 0.3 is 0 Å². The molecule has 88 valence electrons. The molecule has 0 spiro atoms. The highest BCUT2D eigenvalue weighted by molar-refractivity contribution is 5.88. The second-order valence-corrected chi connectivity index (χ2v) is 4.49. The van der Waals surface area contributed by atoms with E-state index < -0.39 is 0 Å². The maximum Gasteiger partial charge on any atom is 0.0938 e. The number of fused-ring (bicyclic) bond motifs is 1. The first-order valence-electron chi connectivity index (χ1n) is 5.96. The fraction of sp³-hybridized carbons (Fsp3) is 0.0625. The van der Waals surface area contributed by atoms with E-state index in [0.29, 0.717) is 0 Å². The highest BCUT2D eigenvalue weighted by Gasteiger charge is 2.06. The third kappa shape index (κ3) is 1.82. The summed E-state index contributed by atoms with van der Waals surface area (Å²) in [4.78, 5) is 4.68. The van der Waals surface area contributed by atoms with E-state index in [1.54, 1.807) is 0 Å². The molecule has 2 heteroatoms. The fourth-order valence-corrected chi connectivity index (χ4v) is 2.12. The van der Waals surface area contributed by atoms with Crippen LogP contribution in [0, 0.1) is 6.92 Å². The molecular formula is C16H14N2. The topological polar surface area (TPSA) is 38.9 Å². The van der Waals surface area contributed by atoms with Crippen molar-refractivity contribution in [3.05, 3.63) is 60.2 Å². The summed E-state index contributed by atoms with van der Waals surface area (Å²) in [6, 6.07) is 18.2. The van der Waals surface area contributed by atoms with Gasteiger partial charge in [0.05, 0.1) is 16.9 Å². The lowest BCUT2D eigenvalue weighted by atomic mass is 10.1. The summed E-state index contributed by atoms with van der Waals surface area (Å²) in [7, 11) is 0. The highest BCUT2D eigenvalue weighted by Crippen LogP contribution is 2.27. The fourth-order valence-electron chi connectivity index (χ4n) is 2.12. The van der Waals surface area contributed by atoms with Crippen molar-refractivity contribution < 1.29 is 0 Å². The molecule has 0 atom stereocenters. The largest absolute Gasteiger partial charge is 0.397 e. The van der Waals surface area contributed by atoms with Gasteiger partial charge in [-0.3, -0.25) is 0 Å². The lowest BCUT2D eigenvalue weighted by Crippen LogP contribution is -1.94. The van der Waals surface area contributed by atoms with Crippen LogP contribution in [0.5, 0.6) is 0 Å². The maximum atomic E-state index is 6.09. The van der Waals surface area contributed by atoms with Crippen LogP contribution < -0.4 is 5.73 Å². The summed E-state index contributed by atoms with van der Waals surface area (Å²) < 4.78 is 0. The molecule has 0 aliphatic carbocycles. The first-order chi connectivity index (χ1) is 8.74. The zero-order chi connectivity index (χ0) is 12.5. The molecule has 18 heavy (non-hydrogen) atoms. The Morgan fingerprint density at radius 3 is 2.50 bits per heavy atom. The van der Waals surface area contributed by atoms with E-state index >= 15 is 0 Å². The molecule has 1 aromatic heterocycles. The smallest absolute Gasteiger partial charge is 0.0938 e. The summed E-state index contributed by atoms with van der Waals surface area (Å²) in [5.41, 5.74) is 10.9. The number of anilines is 1. The van der Waals surface area contributed by atoms with Crippen LogP contribution in [-0.2, 0) is 0 Å². The van der Waals surface area contributed by atoms with Crippen molar-refractivity contribution in [3.63, 3.8) is 0 Å². The van der Waals surface area contributed by atoms with E-state index in [9.17, 15) is 0 Å². The minimum atomic E-state index is 0.720. The van der Waals surface area contributed by atoms with E-state index in [2.05, 4.69) is 30.1 Å². The second-order valence-electron chi connectivity index (χ2n) is 4.49. The summed E-state index contributed by atoms with van der Waals surface area (Å²) in [6.07, 6.45) is 0. The number of nitrogen functional groups attached to an aromatic ring is 1. The molecule has 2 nitrogen and oxygen atoms in total. The van der Waals surface area contributed by atoms with Crippen LogP contribution in [0.25, 0.3) is 22.2 Å². The van der Waals surface area contributed by atoms with Crippen molar-refractivity contribution >= 4 is 16.6 Å². The second kappa shape index (κ2) is 4.15. The number of nitrogens with zero attached hydrogens (tertiary/aromatic N) is 1. The van der Waals surface area contributed by atoms with Crippen LogP contribution in [0.4, 0.5) is 5.69 Å². The summed E-state index contributed by atoms with van der Waals surface area (Å²) in [6.45, 7) is 2.07. The molecule has 0 aliphatic heterocycles. The Bertz CT molecular complexity index is 703. The molecule has 3 rings (SSSR count). The Balaban J connectivity index is 2.27. The standard InChI is InChI=1S/C16H14N2/c1-11-7-8-13-10-14(17)16(18-15(13)9-11)12-5-3-2-4-6-12/h2-10H,17H2,1H3. The van der Waals surface area contributed by atoms with Gasteiger partial charge in [-0.25, -0.2) is 4.98 Å². The van der Waals surface area contributed by atoms with E-state index in [4.69, 9.17) is 5.73 Å². The van der Waals surface area contributed by atoms with Gasteiger partial charge in [0.15, 0.2) is 0 Å². The highest BCUT2D eigenvalue weighted by atomic mass is 14.7. The van der Waals surface area contributed by atoms with Gasteiger partial charge in [-0.2, -0.15) is 0 Å². The number of nitrogens with two attached hydrogens (primary N) is 1. The molecule has 0 saturated carbocycles. The first-order valence-corrected chi connectivity index (χ1v) is 5.96. The van der Waals surface area contributed by atoms with Crippen molar-refractivity contribution in [2.45, 2.75) is 6.92 Å². The Morgan fingerprint density at radius 1 is 0.944 bits per heavy atom. The normalized spacial score (nSPS) is 10.7. The molecule has 0 saturated heterocycles. The molecule has 0 bridgehead atoms. The molecule has 3 aromatic rings. The Labute approximate surface area is 106 Å². The van der Waals surface area contributed by atoms with Crippen LogP contribution in [0.15, 0.2) is 54.6 Å². The van der Waals surface area contributed by atoms with Gasteiger partial charge in [0.2, 0.25) is 0 Å². The van der Waals surface area contributed by atoms with Gasteiger partial charge in [-0.1, -0.05) is 42.5 Å². The molecule has 2 aromatic carbocycles. The van der Waals surface area contributed by atoms with E-state index in [0.717, 1.165) is 27.8 Å². The van der Waals surface area contributed by atoms with Crippen molar-refractivity contribution in [2.75, 3.05) is 5.73 Å². The molecule has 0 amide bonds. The molecule has 0 fully saturated rings. The third-order valence-electron chi connectivity index (χ3n) is 3.05. The van der Waals surface area contributed by atoms with Gasteiger partial charge in [0.25, 0.3) is 0 Å². The Hall–Kier alpha value is -2.35. The van der Waals surface area contributed by atoms with Gasteiger partial charge < -0.3 is 5.73 Å². The van der Waals surface area contributed by atoms with Gasteiger partial charge in [0.1, 0.15) is 0 Å². The summed E-state index contributed by atoms with van der Waals surface area (Å²) >= 11 is 0. The van der Waals surface area contributed by atoms with Crippen LogP contribution in [-0.4, -0.2) is 4.98 Å². The maximum absolute atomic E-state index is 6.09.